The van der Waals surface area contributed by atoms with Crippen molar-refractivity contribution in [1.29, 1.82) is 0 Å². The molecule has 3 heteroatoms. The lowest BCUT2D eigenvalue weighted by atomic mass is 9.96. The summed E-state index contributed by atoms with van der Waals surface area (Å²) < 4.78 is 11.8. The van der Waals surface area contributed by atoms with Crippen LogP contribution in [0.1, 0.15) is 23.1 Å². The van der Waals surface area contributed by atoms with E-state index in [2.05, 4.69) is 49.4 Å². The normalized spacial score (nSPS) is 13.6. The summed E-state index contributed by atoms with van der Waals surface area (Å²) in [6, 6.07) is 16.9. The van der Waals surface area contributed by atoms with Crippen LogP contribution in [0.4, 0.5) is 0 Å². The Hall–Kier alpha value is -3.33. The minimum absolute atomic E-state index is 0.194. The van der Waals surface area contributed by atoms with E-state index in [9.17, 15) is 4.79 Å². The molecule has 1 aliphatic rings. The van der Waals surface area contributed by atoms with E-state index in [-0.39, 0.29) is 5.63 Å². The highest BCUT2D eigenvalue weighted by atomic mass is 16.4. The maximum Gasteiger partial charge on any atom is 0.339 e. The summed E-state index contributed by atoms with van der Waals surface area (Å²) in [6.07, 6.45) is 4.53. The van der Waals surface area contributed by atoms with Crippen molar-refractivity contribution in [2.45, 2.75) is 26.2 Å². The summed E-state index contributed by atoms with van der Waals surface area (Å²) >= 11 is 0. The molecule has 136 valence electrons. The number of fused-ring (bicyclic) bond motifs is 6. The second-order valence-corrected chi connectivity index (χ2v) is 7.68. The molecule has 0 spiro atoms. The Balaban J connectivity index is 1.70. The average Bonchev–Trinajstić information content (AvgIpc) is 3.36. The molecule has 2 heterocycles. The van der Waals surface area contributed by atoms with Crippen LogP contribution in [0.3, 0.4) is 0 Å². The average molecular weight is 366 g/mol. The molecular weight excluding hydrogens is 348 g/mol. The second kappa shape index (κ2) is 5.59. The van der Waals surface area contributed by atoms with E-state index in [0.717, 1.165) is 63.4 Å². The van der Waals surface area contributed by atoms with Crippen molar-refractivity contribution in [2.24, 2.45) is 0 Å². The fourth-order valence-electron chi connectivity index (χ4n) is 4.73. The van der Waals surface area contributed by atoms with E-state index in [1.165, 1.54) is 10.8 Å². The maximum absolute atomic E-state index is 12.3. The van der Waals surface area contributed by atoms with Gasteiger partial charge in [-0.3, -0.25) is 0 Å². The Kier molecular flexibility index (Phi) is 3.13. The highest BCUT2D eigenvalue weighted by Crippen LogP contribution is 2.40. The highest BCUT2D eigenvalue weighted by Gasteiger charge is 2.24. The maximum atomic E-state index is 12.3. The van der Waals surface area contributed by atoms with Crippen molar-refractivity contribution in [3.05, 3.63) is 81.9 Å². The number of hydrogen-bond acceptors (Lipinski definition) is 3. The second-order valence-electron chi connectivity index (χ2n) is 7.68. The predicted molar refractivity (Wildman–Crippen MR) is 112 cm³/mol. The van der Waals surface area contributed by atoms with Crippen LogP contribution in [0.2, 0.25) is 0 Å². The van der Waals surface area contributed by atoms with E-state index in [1.54, 1.807) is 0 Å². The molecule has 0 aliphatic heterocycles. The fourth-order valence-corrected chi connectivity index (χ4v) is 4.73. The first-order valence-electron chi connectivity index (χ1n) is 9.69. The molecule has 0 unspecified atom stereocenters. The van der Waals surface area contributed by atoms with Crippen LogP contribution in [0, 0.1) is 6.92 Å². The number of hydrogen-bond donors (Lipinski definition) is 0. The first-order chi connectivity index (χ1) is 13.7. The third-order valence-corrected chi connectivity index (χ3v) is 6.04. The zero-order chi connectivity index (χ0) is 18.8. The molecule has 0 saturated carbocycles. The number of furan rings is 1. The van der Waals surface area contributed by atoms with E-state index in [4.69, 9.17) is 8.83 Å². The van der Waals surface area contributed by atoms with Gasteiger partial charge in [-0.15, -0.1) is 0 Å². The Labute approximate surface area is 161 Å². The Morgan fingerprint density at radius 3 is 2.61 bits per heavy atom. The van der Waals surface area contributed by atoms with Gasteiger partial charge in [0.05, 0.1) is 11.6 Å². The standard InChI is InChI=1S/C25H18O3/c1-14-11-21-23(18-7-4-8-19(18)25(26)28-21)24-22(14)20(13-27-24)17-10-9-15-5-2-3-6-16(15)12-17/h2-3,5-6,9-13H,4,7-8H2,1H3. The van der Waals surface area contributed by atoms with Crippen LogP contribution in [0.25, 0.3) is 43.8 Å². The third kappa shape index (κ3) is 2.07. The monoisotopic (exact) mass is 366 g/mol. The number of benzene rings is 3. The summed E-state index contributed by atoms with van der Waals surface area (Å²) in [4.78, 5) is 12.3. The van der Waals surface area contributed by atoms with Crippen LogP contribution in [0.15, 0.2) is 68.4 Å². The first kappa shape index (κ1) is 15.7. The minimum atomic E-state index is -0.194. The van der Waals surface area contributed by atoms with E-state index in [1.807, 2.05) is 12.3 Å². The molecule has 2 aromatic heterocycles. The molecule has 0 N–H and O–H groups in total. The van der Waals surface area contributed by atoms with Gasteiger partial charge in [-0.2, -0.15) is 0 Å². The van der Waals surface area contributed by atoms with Gasteiger partial charge >= 0.3 is 5.63 Å². The van der Waals surface area contributed by atoms with Crippen molar-refractivity contribution in [3.8, 4) is 11.1 Å². The van der Waals surface area contributed by atoms with Crippen molar-refractivity contribution < 1.29 is 8.83 Å². The van der Waals surface area contributed by atoms with Crippen molar-refractivity contribution in [1.82, 2.24) is 0 Å². The summed E-state index contributed by atoms with van der Waals surface area (Å²) in [6.45, 7) is 2.05. The summed E-state index contributed by atoms with van der Waals surface area (Å²) in [5.74, 6) is 0. The lowest BCUT2D eigenvalue weighted by Gasteiger charge is -2.08. The molecule has 0 fully saturated rings. The van der Waals surface area contributed by atoms with Crippen LogP contribution in [0.5, 0.6) is 0 Å². The molecule has 0 amide bonds. The van der Waals surface area contributed by atoms with Gasteiger partial charge in [-0.05, 0) is 65.8 Å². The van der Waals surface area contributed by atoms with Crippen molar-refractivity contribution in [2.75, 3.05) is 0 Å². The summed E-state index contributed by atoms with van der Waals surface area (Å²) in [5, 5.41) is 4.51. The Morgan fingerprint density at radius 1 is 0.893 bits per heavy atom. The molecule has 1 aliphatic carbocycles. The molecule has 5 aromatic rings. The first-order valence-corrected chi connectivity index (χ1v) is 9.69. The zero-order valence-electron chi connectivity index (χ0n) is 15.5. The van der Waals surface area contributed by atoms with Crippen LogP contribution in [-0.4, -0.2) is 0 Å². The van der Waals surface area contributed by atoms with Crippen LogP contribution in [-0.2, 0) is 12.8 Å². The molecule has 0 bridgehead atoms. The molecule has 28 heavy (non-hydrogen) atoms. The summed E-state index contributed by atoms with van der Waals surface area (Å²) in [5.41, 5.74) is 6.47. The van der Waals surface area contributed by atoms with E-state index >= 15 is 0 Å². The predicted octanol–water partition coefficient (Wildman–Crippen LogP) is 6.16. The smallest absolute Gasteiger partial charge is 0.339 e. The minimum Gasteiger partial charge on any atom is -0.463 e. The third-order valence-electron chi connectivity index (χ3n) is 6.04. The van der Waals surface area contributed by atoms with Gasteiger partial charge in [0.1, 0.15) is 11.2 Å². The van der Waals surface area contributed by atoms with Crippen LogP contribution >= 0.6 is 0 Å². The molecule has 0 radical (unpaired) electrons. The van der Waals surface area contributed by atoms with Gasteiger partial charge in [-0.25, -0.2) is 4.79 Å². The molecule has 0 atom stereocenters. The highest BCUT2D eigenvalue weighted by molar-refractivity contribution is 6.11. The molecule has 3 nitrogen and oxygen atoms in total. The number of aryl methyl sites for hydroxylation is 2. The van der Waals surface area contributed by atoms with Crippen LogP contribution < -0.4 is 5.63 Å². The van der Waals surface area contributed by atoms with Gasteiger partial charge in [0.25, 0.3) is 0 Å². The molecule has 0 saturated heterocycles. The van der Waals surface area contributed by atoms with Gasteiger partial charge < -0.3 is 8.83 Å². The largest absolute Gasteiger partial charge is 0.463 e. The van der Waals surface area contributed by atoms with Gasteiger partial charge in [0.2, 0.25) is 0 Å². The molecule has 6 rings (SSSR count). The van der Waals surface area contributed by atoms with Gasteiger partial charge in [0.15, 0.2) is 0 Å². The molecular formula is C25H18O3. The fraction of sp³-hybridized carbons (Fsp3) is 0.160. The van der Waals surface area contributed by atoms with Gasteiger partial charge in [-0.1, -0.05) is 36.4 Å². The topological polar surface area (TPSA) is 43.4 Å². The quantitative estimate of drug-likeness (QED) is 0.334. The van der Waals surface area contributed by atoms with Crippen molar-refractivity contribution >= 4 is 32.7 Å². The lowest BCUT2D eigenvalue weighted by Crippen LogP contribution is -2.07. The van der Waals surface area contributed by atoms with E-state index in [0.29, 0.717) is 5.58 Å². The number of rotatable bonds is 1. The molecule has 3 aromatic carbocycles. The zero-order valence-corrected chi connectivity index (χ0v) is 15.5. The Morgan fingerprint density at radius 2 is 1.71 bits per heavy atom. The lowest BCUT2D eigenvalue weighted by molar-refractivity contribution is 0.550. The van der Waals surface area contributed by atoms with Crippen molar-refractivity contribution in [3.63, 3.8) is 0 Å². The van der Waals surface area contributed by atoms with E-state index < -0.39 is 0 Å². The summed E-state index contributed by atoms with van der Waals surface area (Å²) in [7, 11) is 0. The Bertz CT molecular complexity index is 1470. The van der Waals surface area contributed by atoms with Gasteiger partial charge in [0, 0.05) is 16.5 Å². The SMILES string of the molecule is Cc1cc2oc(=O)c3c(c2c2occ(-c4ccc5ccccc5c4)c12)CCC3.